The Balaban J connectivity index is 1.73. The number of hydrogen-bond acceptors (Lipinski definition) is 9. The number of amides is 2. The van der Waals surface area contributed by atoms with Crippen LogP contribution in [-0.4, -0.2) is 41.3 Å². The smallest absolute Gasteiger partial charge is 0.306 e. The second kappa shape index (κ2) is 11.7. The standard InChI is InChI=1S/C20H20N4O9/c1-32-15-9-10-17(24(30)31)16(11-15)22-19(26)12-33-20(27)4-2-3-18(25)21-13-5-7-14(8-6-13)23(28)29/h5-11H,2-4,12H2,1H3,(H,21,25)(H,22,26). The van der Waals surface area contributed by atoms with Gasteiger partial charge in [0.2, 0.25) is 5.91 Å². The molecule has 0 atom stereocenters. The van der Waals surface area contributed by atoms with E-state index in [4.69, 9.17) is 9.47 Å². The maximum absolute atomic E-state index is 12.0. The molecule has 13 nitrogen and oxygen atoms in total. The van der Waals surface area contributed by atoms with Gasteiger partial charge in [0.05, 0.1) is 17.0 Å². The summed E-state index contributed by atoms with van der Waals surface area (Å²) in [6.45, 7) is -0.664. The lowest BCUT2D eigenvalue weighted by molar-refractivity contribution is -0.384. The second-order valence-corrected chi connectivity index (χ2v) is 6.55. The number of anilines is 2. The van der Waals surface area contributed by atoms with Crippen LogP contribution in [0.1, 0.15) is 19.3 Å². The van der Waals surface area contributed by atoms with E-state index in [1.165, 1.54) is 49.6 Å². The summed E-state index contributed by atoms with van der Waals surface area (Å²) in [6, 6.07) is 9.07. The SMILES string of the molecule is COc1ccc([N+](=O)[O-])c(NC(=O)COC(=O)CCCC(=O)Nc2ccc([N+](=O)[O-])cc2)c1. The van der Waals surface area contributed by atoms with E-state index in [0.717, 1.165) is 0 Å². The number of non-ortho nitro benzene ring substituents is 1. The van der Waals surface area contributed by atoms with Crippen molar-refractivity contribution < 1.29 is 33.7 Å². The summed E-state index contributed by atoms with van der Waals surface area (Å²) < 4.78 is 9.79. The molecule has 2 aromatic carbocycles. The summed E-state index contributed by atoms with van der Waals surface area (Å²) in [6.07, 6.45) is -0.0187. The predicted molar refractivity (Wildman–Crippen MR) is 115 cm³/mol. The van der Waals surface area contributed by atoms with Crippen molar-refractivity contribution in [3.8, 4) is 5.75 Å². The molecule has 33 heavy (non-hydrogen) atoms. The van der Waals surface area contributed by atoms with Crippen molar-refractivity contribution in [3.63, 3.8) is 0 Å². The summed E-state index contributed by atoms with van der Waals surface area (Å²) in [5.74, 6) is -1.62. The summed E-state index contributed by atoms with van der Waals surface area (Å²) >= 11 is 0. The molecule has 0 aliphatic carbocycles. The zero-order valence-corrected chi connectivity index (χ0v) is 17.4. The summed E-state index contributed by atoms with van der Waals surface area (Å²) in [7, 11) is 1.36. The van der Waals surface area contributed by atoms with Gasteiger partial charge in [0.1, 0.15) is 11.4 Å². The van der Waals surface area contributed by atoms with Crippen LogP contribution in [0.5, 0.6) is 5.75 Å². The number of rotatable bonds is 11. The molecule has 0 saturated carbocycles. The number of esters is 1. The van der Waals surface area contributed by atoms with Gasteiger partial charge in [0.15, 0.2) is 6.61 Å². The highest BCUT2D eigenvalue weighted by Gasteiger charge is 2.18. The van der Waals surface area contributed by atoms with Gasteiger partial charge in [-0.05, 0) is 24.6 Å². The Hall–Kier alpha value is -4.55. The fraction of sp³-hybridized carbons (Fsp3) is 0.250. The first-order chi connectivity index (χ1) is 15.7. The fourth-order valence-corrected chi connectivity index (χ4v) is 2.59. The Morgan fingerprint density at radius 1 is 0.909 bits per heavy atom. The lowest BCUT2D eigenvalue weighted by Crippen LogP contribution is -2.21. The van der Waals surface area contributed by atoms with Gasteiger partial charge in [-0.3, -0.25) is 34.6 Å². The van der Waals surface area contributed by atoms with Crippen molar-refractivity contribution >= 4 is 40.5 Å². The van der Waals surface area contributed by atoms with Crippen molar-refractivity contribution in [2.75, 3.05) is 24.4 Å². The van der Waals surface area contributed by atoms with Crippen LogP contribution in [0, 0.1) is 20.2 Å². The molecule has 2 aromatic rings. The number of nitrogens with zero attached hydrogens (tertiary/aromatic N) is 2. The number of benzene rings is 2. The molecule has 0 fully saturated rings. The first kappa shape index (κ1) is 24.7. The number of nitro benzene ring substituents is 2. The maximum Gasteiger partial charge on any atom is 0.306 e. The van der Waals surface area contributed by atoms with Crippen LogP contribution in [0.2, 0.25) is 0 Å². The molecular weight excluding hydrogens is 440 g/mol. The monoisotopic (exact) mass is 460 g/mol. The molecule has 2 rings (SSSR count). The Kier molecular flexibility index (Phi) is 8.79. The van der Waals surface area contributed by atoms with Crippen LogP contribution in [0.25, 0.3) is 0 Å². The summed E-state index contributed by atoms with van der Waals surface area (Å²) in [5.41, 5.74) is -0.199. The van der Waals surface area contributed by atoms with Gasteiger partial charge in [-0.15, -0.1) is 0 Å². The molecule has 2 N–H and O–H groups in total. The molecular formula is C20H20N4O9. The molecule has 0 saturated heterocycles. The van der Waals surface area contributed by atoms with E-state index >= 15 is 0 Å². The number of nitrogens with one attached hydrogen (secondary N) is 2. The van der Waals surface area contributed by atoms with E-state index < -0.39 is 34.2 Å². The number of carbonyl (C=O) groups excluding carboxylic acids is 3. The highest BCUT2D eigenvalue weighted by atomic mass is 16.6. The molecule has 0 radical (unpaired) electrons. The van der Waals surface area contributed by atoms with Crippen LogP contribution in [0.4, 0.5) is 22.7 Å². The molecule has 0 bridgehead atoms. The van der Waals surface area contributed by atoms with Gasteiger partial charge in [0, 0.05) is 42.8 Å². The third kappa shape index (κ3) is 7.90. The minimum absolute atomic E-state index is 0.0196. The van der Waals surface area contributed by atoms with Gasteiger partial charge >= 0.3 is 5.97 Å². The Morgan fingerprint density at radius 3 is 2.21 bits per heavy atom. The molecule has 0 spiro atoms. The van der Waals surface area contributed by atoms with Gasteiger partial charge in [0.25, 0.3) is 17.3 Å². The zero-order valence-electron chi connectivity index (χ0n) is 17.4. The van der Waals surface area contributed by atoms with Crippen LogP contribution < -0.4 is 15.4 Å². The first-order valence-electron chi connectivity index (χ1n) is 9.52. The van der Waals surface area contributed by atoms with E-state index in [0.29, 0.717) is 11.4 Å². The number of nitro groups is 2. The molecule has 174 valence electrons. The molecule has 2 amide bonds. The predicted octanol–water partition coefficient (Wildman–Crippen LogP) is 2.80. The molecule has 0 aromatic heterocycles. The Morgan fingerprint density at radius 2 is 1.61 bits per heavy atom. The van der Waals surface area contributed by atoms with Crippen molar-refractivity contribution in [2.24, 2.45) is 0 Å². The van der Waals surface area contributed by atoms with Crippen LogP contribution in [-0.2, 0) is 19.1 Å². The largest absolute Gasteiger partial charge is 0.497 e. The Bertz CT molecular complexity index is 1050. The van der Waals surface area contributed by atoms with Gasteiger partial charge in [-0.25, -0.2) is 0 Å². The number of methoxy groups -OCH3 is 1. The van der Waals surface area contributed by atoms with Crippen molar-refractivity contribution in [3.05, 3.63) is 62.7 Å². The fourth-order valence-electron chi connectivity index (χ4n) is 2.59. The minimum atomic E-state index is -0.782. The van der Waals surface area contributed by atoms with E-state index in [9.17, 15) is 34.6 Å². The van der Waals surface area contributed by atoms with Crippen LogP contribution in [0.15, 0.2) is 42.5 Å². The van der Waals surface area contributed by atoms with E-state index in [1.807, 2.05) is 0 Å². The quantitative estimate of drug-likeness (QED) is 0.289. The Labute approximate surface area is 187 Å². The number of ether oxygens (including phenoxy) is 2. The second-order valence-electron chi connectivity index (χ2n) is 6.55. The van der Waals surface area contributed by atoms with Gasteiger partial charge in [-0.1, -0.05) is 0 Å². The third-order valence-corrected chi connectivity index (χ3v) is 4.19. The topological polar surface area (TPSA) is 180 Å². The average molecular weight is 460 g/mol. The molecule has 13 heteroatoms. The third-order valence-electron chi connectivity index (χ3n) is 4.19. The zero-order chi connectivity index (χ0) is 24.4. The normalized spacial score (nSPS) is 10.1. The van der Waals surface area contributed by atoms with Crippen LogP contribution in [0.3, 0.4) is 0 Å². The number of hydrogen-bond donors (Lipinski definition) is 2. The molecule has 0 unspecified atom stereocenters. The summed E-state index contributed by atoms with van der Waals surface area (Å²) in [5, 5.41) is 26.5. The first-order valence-corrected chi connectivity index (χ1v) is 9.52. The van der Waals surface area contributed by atoms with E-state index in [1.54, 1.807) is 0 Å². The van der Waals surface area contributed by atoms with E-state index in [2.05, 4.69) is 10.6 Å². The van der Waals surface area contributed by atoms with Crippen molar-refractivity contribution in [1.82, 2.24) is 0 Å². The molecule has 0 heterocycles. The molecule has 0 aliphatic heterocycles. The van der Waals surface area contributed by atoms with Crippen LogP contribution >= 0.6 is 0 Å². The highest BCUT2D eigenvalue weighted by molar-refractivity contribution is 5.95. The molecule has 0 aliphatic rings. The summed E-state index contributed by atoms with van der Waals surface area (Å²) in [4.78, 5) is 56.1. The van der Waals surface area contributed by atoms with Crippen molar-refractivity contribution in [2.45, 2.75) is 19.3 Å². The van der Waals surface area contributed by atoms with Gasteiger partial charge in [-0.2, -0.15) is 0 Å². The van der Waals surface area contributed by atoms with E-state index in [-0.39, 0.29) is 36.3 Å². The number of carbonyl (C=O) groups is 3. The maximum atomic E-state index is 12.0. The minimum Gasteiger partial charge on any atom is -0.497 e. The van der Waals surface area contributed by atoms with Gasteiger partial charge < -0.3 is 20.1 Å². The lowest BCUT2D eigenvalue weighted by Gasteiger charge is -2.09. The average Bonchev–Trinajstić information content (AvgIpc) is 2.77. The lowest BCUT2D eigenvalue weighted by atomic mass is 10.2. The van der Waals surface area contributed by atoms with Crippen molar-refractivity contribution in [1.29, 1.82) is 0 Å². The highest BCUT2D eigenvalue weighted by Crippen LogP contribution is 2.28.